The van der Waals surface area contributed by atoms with E-state index in [1.54, 1.807) is 24.8 Å². The van der Waals surface area contributed by atoms with Gasteiger partial charge in [-0.25, -0.2) is 4.98 Å². The summed E-state index contributed by atoms with van der Waals surface area (Å²) in [6.45, 7) is 1.88. The van der Waals surface area contributed by atoms with Gasteiger partial charge in [-0.3, -0.25) is 14.8 Å². The first kappa shape index (κ1) is 13.9. The Labute approximate surface area is 133 Å². The molecule has 6 nitrogen and oxygen atoms in total. The molecule has 3 heterocycles. The predicted octanol–water partition coefficient (Wildman–Crippen LogP) is 2.72. The van der Waals surface area contributed by atoms with E-state index in [1.807, 2.05) is 13.0 Å². The van der Waals surface area contributed by atoms with E-state index in [2.05, 4.69) is 31.3 Å². The van der Waals surface area contributed by atoms with Crippen LogP contribution in [0.1, 0.15) is 53.5 Å². The van der Waals surface area contributed by atoms with E-state index in [9.17, 15) is 4.79 Å². The summed E-state index contributed by atoms with van der Waals surface area (Å²) in [5, 5.41) is 3.91. The van der Waals surface area contributed by atoms with Gasteiger partial charge in [-0.2, -0.15) is 0 Å². The van der Waals surface area contributed by atoms with Crippen LogP contribution in [0.5, 0.6) is 0 Å². The largest absolute Gasteiger partial charge is 0.344 e. The lowest BCUT2D eigenvalue weighted by Gasteiger charge is -2.12. The van der Waals surface area contributed by atoms with Gasteiger partial charge in [0.05, 0.1) is 23.5 Å². The highest BCUT2D eigenvalue weighted by atomic mass is 16.1. The zero-order valence-corrected chi connectivity index (χ0v) is 12.8. The van der Waals surface area contributed by atoms with E-state index in [1.165, 1.54) is 18.5 Å². The van der Waals surface area contributed by atoms with Crippen molar-refractivity contribution >= 4 is 16.9 Å². The molecular formula is C17H17N5O. The Balaban J connectivity index is 1.54. The van der Waals surface area contributed by atoms with Crippen LogP contribution in [0.2, 0.25) is 0 Å². The van der Waals surface area contributed by atoms with Gasteiger partial charge in [-0.15, -0.1) is 0 Å². The number of hydrogen-bond acceptors (Lipinski definition) is 4. The Morgan fingerprint density at radius 2 is 2.13 bits per heavy atom. The summed E-state index contributed by atoms with van der Waals surface area (Å²) >= 11 is 0. The quantitative estimate of drug-likeness (QED) is 0.776. The van der Waals surface area contributed by atoms with Gasteiger partial charge in [0.15, 0.2) is 0 Å². The lowest BCUT2D eigenvalue weighted by molar-refractivity contribution is 0.0939. The highest BCUT2D eigenvalue weighted by Gasteiger charge is 2.25. The van der Waals surface area contributed by atoms with Crippen LogP contribution in [-0.2, 0) is 0 Å². The molecule has 2 N–H and O–H groups in total. The molecule has 0 aromatic carbocycles. The molecule has 23 heavy (non-hydrogen) atoms. The van der Waals surface area contributed by atoms with Crippen LogP contribution in [0.15, 0.2) is 36.9 Å². The van der Waals surface area contributed by atoms with Gasteiger partial charge in [0, 0.05) is 29.7 Å². The number of pyridine rings is 1. The zero-order chi connectivity index (χ0) is 15.8. The number of nitrogens with one attached hydrogen (secondary N) is 2. The molecule has 3 aromatic heterocycles. The summed E-state index contributed by atoms with van der Waals surface area (Å²) in [5.41, 5.74) is 3.34. The third-order valence-electron chi connectivity index (χ3n) is 4.14. The minimum Gasteiger partial charge on any atom is -0.344 e. The molecule has 0 unspecified atom stereocenters. The molecule has 1 aliphatic carbocycles. The number of carbonyl (C=O) groups excluding carboxylic acids is 1. The van der Waals surface area contributed by atoms with Crippen molar-refractivity contribution in [3.05, 3.63) is 53.9 Å². The van der Waals surface area contributed by atoms with Crippen molar-refractivity contribution in [2.45, 2.75) is 31.7 Å². The fourth-order valence-electron chi connectivity index (χ4n) is 2.66. The third kappa shape index (κ3) is 2.79. The summed E-state index contributed by atoms with van der Waals surface area (Å²) in [6, 6.07) is 3.77. The average molecular weight is 307 g/mol. The monoisotopic (exact) mass is 307 g/mol. The van der Waals surface area contributed by atoms with Crippen molar-refractivity contribution in [1.29, 1.82) is 0 Å². The Kier molecular flexibility index (Phi) is 3.29. The minimum absolute atomic E-state index is 0.160. The Morgan fingerprint density at radius 1 is 1.26 bits per heavy atom. The molecular weight excluding hydrogens is 290 g/mol. The fourth-order valence-corrected chi connectivity index (χ4v) is 2.66. The van der Waals surface area contributed by atoms with Gasteiger partial charge < -0.3 is 10.3 Å². The van der Waals surface area contributed by atoms with Crippen LogP contribution in [0, 0.1) is 0 Å². The van der Waals surface area contributed by atoms with E-state index in [0.717, 1.165) is 16.7 Å². The van der Waals surface area contributed by atoms with Gasteiger partial charge in [0.1, 0.15) is 5.65 Å². The molecule has 1 aliphatic rings. The first-order chi connectivity index (χ1) is 11.2. The maximum atomic E-state index is 12.4. The van der Waals surface area contributed by atoms with Gasteiger partial charge in [-0.05, 0) is 37.8 Å². The number of aromatic amines is 1. The molecule has 0 bridgehead atoms. The van der Waals surface area contributed by atoms with Crippen LogP contribution in [0.4, 0.5) is 0 Å². The standard InChI is InChI=1S/C17H17N5O/c1-10(15-9-18-4-5-19-15)21-17(23)13-6-12-7-14(11-2-3-11)22-16(12)20-8-13/h4-11H,2-3H2,1H3,(H,20,22)(H,21,23)/t10-/m0/s1. The number of fused-ring (bicyclic) bond motifs is 1. The molecule has 1 fully saturated rings. The molecule has 0 radical (unpaired) electrons. The van der Waals surface area contributed by atoms with Gasteiger partial charge in [-0.1, -0.05) is 0 Å². The number of hydrogen-bond donors (Lipinski definition) is 2. The van der Waals surface area contributed by atoms with E-state index < -0.39 is 0 Å². The normalized spacial score (nSPS) is 15.5. The van der Waals surface area contributed by atoms with Crippen LogP contribution in [-0.4, -0.2) is 25.8 Å². The lowest BCUT2D eigenvalue weighted by Crippen LogP contribution is -2.27. The highest BCUT2D eigenvalue weighted by molar-refractivity contribution is 5.97. The molecule has 4 rings (SSSR count). The van der Waals surface area contributed by atoms with Gasteiger partial charge in [0.25, 0.3) is 5.91 Å². The first-order valence-corrected chi connectivity index (χ1v) is 7.76. The number of H-pyrrole nitrogens is 1. The third-order valence-corrected chi connectivity index (χ3v) is 4.14. The second-order valence-electron chi connectivity index (χ2n) is 5.99. The maximum absolute atomic E-state index is 12.4. The number of nitrogens with zero attached hydrogens (tertiary/aromatic N) is 3. The van der Waals surface area contributed by atoms with Crippen molar-refractivity contribution in [3.8, 4) is 0 Å². The molecule has 1 atom stereocenters. The second-order valence-corrected chi connectivity index (χ2v) is 5.99. The summed E-state index contributed by atoms with van der Waals surface area (Å²) in [5.74, 6) is 0.477. The van der Waals surface area contributed by atoms with Crippen LogP contribution >= 0.6 is 0 Å². The maximum Gasteiger partial charge on any atom is 0.253 e. The smallest absolute Gasteiger partial charge is 0.253 e. The van der Waals surface area contributed by atoms with Crippen molar-refractivity contribution in [2.24, 2.45) is 0 Å². The summed E-state index contributed by atoms with van der Waals surface area (Å²) in [4.78, 5) is 28.3. The number of aromatic nitrogens is 4. The topological polar surface area (TPSA) is 83.6 Å². The van der Waals surface area contributed by atoms with Crippen molar-refractivity contribution in [2.75, 3.05) is 0 Å². The zero-order valence-electron chi connectivity index (χ0n) is 12.8. The van der Waals surface area contributed by atoms with Gasteiger partial charge in [0.2, 0.25) is 0 Å². The van der Waals surface area contributed by atoms with Crippen molar-refractivity contribution < 1.29 is 4.79 Å². The van der Waals surface area contributed by atoms with E-state index in [0.29, 0.717) is 11.5 Å². The lowest BCUT2D eigenvalue weighted by atomic mass is 10.2. The van der Waals surface area contributed by atoms with E-state index in [-0.39, 0.29) is 11.9 Å². The Hall–Kier alpha value is -2.76. The molecule has 0 saturated heterocycles. The number of carbonyl (C=O) groups is 1. The summed E-state index contributed by atoms with van der Waals surface area (Å²) in [6.07, 6.45) is 8.95. The SMILES string of the molecule is C[C@H](NC(=O)c1cnc2[nH]c(C3CC3)cc2c1)c1cnccn1. The molecule has 0 aliphatic heterocycles. The van der Waals surface area contributed by atoms with Crippen LogP contribution < -0.4 is 5.32 Å². The molecule has 0 spiro atoms. The molecule has 6 heteroatoms. The molecule has 3 aromatic rings. The second kappa shape index (κ2) is 5.46. The summed E-state index contributed by atoms with van der Waals surface area (Å²) in [7, 11) is 0. The van der Waals surface area contributed by atoms with Crippen LogP contribution in [0.25, 0.3) is 11.0 Å². The summed E-state index contributed by atoms with van der Waals surface area (Å²) < 4.78 is 0. The van der Waals surface area contributed by atoms with Crippen LogP contribution in [0.3, 0.4) is 0 Å². The van der Waals surface area contributed by atoms with E-state index in [4.69, 9.17) is 0 Å². The molecule has 1 saturated carbocycles. The highest BCUT2D eigenvalue weighted by Crippen LogP contribution is 2.40. The van der Waals surface area contributed by atoms with Crippen molar-refractivity contribution in [3.63, 3.8) is 0 Å². The Morgan fingerprint density at radius 3 is 2.87 bits per heavy atom. The molecule has 116 valence electrons. The number of amides is 1. The van der Waals surface area contributed by atoms with E-state index >= 15 is 0 Å². The van der Waals surface area contributed by atoms with Crippen molar-refractivity contribution in [1.82, 2.24) is 25.3 Å². The number of rotatable bonds is 4. The minimum atomic E-state index is -0.208. The fraction of sp³-hybridized carbons (Fsp3) is 0.294. The Bertz CT molecular complexity index is 854. The predicted molar refractivity (Wildman–Crippen MR) is 86.0 cm³/mol. The van der Waals surface area contributed by atoms with Gasteiger partial charge >= 0.3 is 0 Å². The average Bonchev–Trinajstić information content (AvgIpc) is 3.34. The first-order valence-electron chi connectivity index (χ1n) is 7.76. The molecule has 1 amide bonds.